The van der Waals surface area contributed by atoms with Crippen molar-refractivity contribution in [3.8, 4) is 0 Å². The Balaban J connectivity index is 0.000000982. The molecule has 1 heterocycles. The molecule has 1 saturated heterocycles. The predicted octanol–water partition coefficient (Wildman–Crippen LogP) is -0.784. The fourth-order valence-corrected chi connectivity index (χ4v) is 1.02. The van der Waals surface area contributed by atoms with Crippen molar-refractivity contribution in [2.45, 2.75) is 19.6 Å². The van der Waals surface area contributed by atoms with E-state index in [4.69, 9.17) is 14.6 Å². The quantitative estimate of drug-likeness (QED) is 0.349. The molecule has 0 aromatic carbocycles. The van der Waals surface area contributed by atoms with Crippen LogP contribution >= 0.6 is 0 Å². The first-order chi connectivity index (χ1) is 8.73. The van der Waals surface area contributed by atoms with Crippen molar-refractivity contribution in [3.63, 3.8) is 0 Å². The topological polar surface area (TPSA) is 114 Å². The summed E-state index contributed by atoms with van der Waals surface area (Å²) in [5.74, 6) is -4.11. The second kappa shape index (κ2) is 7.37. The molecule has 1 aliphatic rings. The molecule has 108 valence electrons. The third-order valence-corrected chi connectivity index (χ3v) is 1.62. The number of cyclic esters (lactones) is 2. The summed E-state index contributed by atoms with van der Waals surface area (Å²) in [5.41, 5.74) is -0.361. The number of carboxylic acid groups (broad SMARTS) is 1. The molecular weight excluding hydrogens is 256 g/mol. The summed E-state index contributed by atoms with van der Waals surface area (Å²) in [7, 11) is 3.75. The van der Waals surface area contributed by atoms with E-state index >= 15 is 0 Å². The second-order valence-corrected chi connectivity index (χ2v) is 4.01. The Morgan fingerprint density at radius 2 is 1.68 bits per heavy atom. The summed E-state index contributed by atoms with van der Waals surface area (Å²) in [4.78, 5) is 32.8. The van der Waals surface area contributed by atoms with Gasteiger partial charge in [0.2, 0.25) is 0 Å². The maximum atomic E-state index is 11.3. The summed E-state index contributed by atoms with van der Waals surface area (Å²) in [6.45, 7) is 2.43. The molecule has 0 atom stereocenters. The van der Waals surface area contributed by atoms with Crippen LogP contribution in [0.15, 0.2) is 11.8 Å². The first-order valence-corrected chi connectivity index (χ1v) is 5.44. The molecule has 0 aromatic rings. The van der Waals surface area contributed by atoms with Gasteiger partial charge < -0.3 is 25.2 Å². The van der Waals surface area contributed by atoms with Crippen LogP contribution in [0.25, 0.3) is 0 Å². The molecule has 0 radical (unpaired) electrons. The predicted molar refractivity (Wildman–Crippen MR) is 65.0 cm³/mol. The average molecular weight is 274 g/mol. The number of carbonyl (C=O) groups excluding carboxylic acids is 2. The first-order valence-electron chi connectivity index (χ1n) is 5.44. The van der Waals surface area contributed by atoms with E-state index in [0.717, 1.165) is 6.20 Å². The van der Waals surface area contributed by atoms with E-state index in [0.29, 0.717) is 0 Å². The monoisotopic (exact) mass is 274 g/mol. The molecule has 0 spiro atoms. The van der Waals surface area contributed by atoms with Crippen LogP contribution in [0.2, 0.25) is 0 Å². The molecule has 1 fully saturated rings. The maximum Gasteiger partial charge on any atom is 0.350 e. The Morgan fingerprint density at radius 1 is 1.26 bits per heavy atom. The van der Waals surface area contributed by atoms with Crippen molar-refractivity contribution < 1.29 is 29.0 Å². The van der Waals surface area contributed by atoms with Crippen LogP contribution in [-0.4, -0.2) is 49.4 Å². The second-order valence-electron chi connectivity index (χ2n) is 4.01. The minimum Gasteiger partial charge on any atom is -0.480 e. The highest BCUT2D eigenvalue weighted by atomic mass is 16.7. The molecule has 0 aromatic heterocycles. The number of ether oxygens (including phenoxy) is 2. The van der Waals surface area contributed by atoms with Gasteiger partial charge in [0.1, 0.15) is 6.54 Å². The van der Waals surface area contributed by atoms with E-state index in [1.54, 1.807) is 0 Å². The lowest BCUT2D eigenvalue weighted by atomic mass is 10.2. The lowest BCUT2D eigenvalue weighted by molar-refractivity contribution is -0.222. The Hall–Kier alpha value is -2.09. The molecule has 0 amide bonds. The maximum absolute atomic E-state index is 11.3. The van der Waals surface area contributed by atoms with Crippen molar-refractivity contribution >= 4 is 17.9 Å². The molecule has 1 aliphatic heterocycles. The van der Waals surface area contributed by atoms with Crippen LogP contribution in [0.5, 0.6) is 0 Å². The van der Waals surface area contributed by atoms with E-state index in [1.807, 2.05) is 14.1 Å². The molecule has 0 aliphatic carbocycles. The fourth-order valence-electron chi connectivity index (χ4n) is 1.02. The van der Waals surface area contributed by atoms with Gasteiger partial charge in [0.15, 0.2) is 5.57 Å². The average Bonchev–Trinajstić information content (AvgIpc) is 2.21. The third-order valence-electron chi connectivity index (χ3n) is 1.62. The zero-order chi connectivity index (χ0) is 15.1. The fraction of sp³-hybridized carbons (Fsp3) is 0.545. The van der Waals surface area contributed by atoms with Gasteiger partial charge in [-0.15, -0.1) is 0 Å². The van der Waals surface area contributed by atoms with Gasteiger partial charge in [-0.2, -0.15) is 0 Å². The highest BCUT2D eigenvalue weighted by molar-refractivity contribution is 6.15. The van der Waals surface area contributed by atoms with Crippen LogP contribution in [-0.2, 0) is 23.9 Å². The van der Waals surface area contributed by atoms with Gasteiger partial charge in [-0.1, -0.05) is 0 Å². The van der Waals surface area contributed by atoms with Crippen molar-refractivity contribution in [3.05, 3.63) is 11.8 Å². The summed E-state index contributed by atoms with van der Waals surface area (Å²) < 4.78 is 9.55. The Kier molecular flexibility index (Phi) is 6.56. The van der Waals surface area contributed by atoms with Gasteiger partial charge >= 0.3 is 17.9 Å². The molecule has 1 rings (SSSR count). The van der Waals surface area contributed by atoms with E-state index in [1.165, 1.54) is 13.8 Å². The lowest BCUT2D eigenvalue weighted by Gasteiger charge is -2.29. The minimum atomic E-state index is -1.29. The van der Waals surface area contributed by atoms with Crippen molar-refractivity contribution in [1.82, 2.24) is 10.6 Å². The number of hydrogen-bond donors (Lipinski definition) is 3. The van der Waals surface area contributed by atoms with Gasteiger partial charge in [0.05, 0.1) is 0 Å². The smallest absolute Gasteiger partial charge is 0.350 e. The van der Waals surface area contributed by atoms with Gasteiger partial charge in [-0.25, -0.2) is 9.59 Å². The number of nitrogens with one attached hydrogen (secondary N) is 2. The van der Waals surface area contributed by atoms with Gasteiger partial charge in [-0.3, -0.25) is 4.79 Å². The van der Waals surface area contributed by atoms with Crippen molar-refractivity contribution in [1.29, 1.82) is 0 Å². The number of hydrogen-bond acceptors (Lipinski definition) is 7. The third kappa shape index (κ3) is 6.41. The molecule has 8 nitrogen and oxygen atoms in total. The summed E-state index contributed by atoms with van der Waals surface area (Å²) in [5, 5.41) is 13.4. The summed E-state index contributed by atoms with van der Waals surface area (Å²) in [6, 6.07) is 0. The zero-order valence-electron chi connectivity index (χ0n) is 11.3. The molecular formula is C11H18N2O6. The molecule has 0 saturated carbocycles. The number of rotatable bonds is 3. The molecule has 19 heavy (non-hydrogen) atoms. The van der Waals surface area contributed by atoms with E-state index in [9.17, 15) is 14.4 Å². The number of carbonyl (C=O) groups is 3. The largest absolute Gasteiger partial charge is 0.480 e. The summed E-state index contributed by atoms with van der Waals surface area (Å²) >= 11 is 0. The van der Waals surface area contributed by atoms with Crippen molar-refractivity contribution in [2.75, 3.05) is 20.6 Å². The molecule has 3 N–H and O–H groups in total. The van der Waals surface area contributed by atoms with E-state index in [-0.39, 0.29) is 5.57 Å². The standard InChI is InChI=1S/C9H11NO6.C2H7N/c1-9(2)15-7(13)5(8(14)16-9)3-10-4-6(11)12;1-3-2/h3,10H,4H2,1-2H3,(H,11,12);3H,1-2H3. The minimum absolute atomic E-state index is 0.361. The molecule has 8 heteroatoms. The Morgan fingerprint density at radius 3 is 2.05 bits per heavy atom. The number of esters is 2. The zero-order valence-corrected chi connectivity index (χ0v) is 11.3. The van der Waals surface area contributed by atoms with E-state index in [2.05, 4.69) is 10.6 Å². The van der Waals surface area contributed by atoms with Gasteiger partial charge in [-0.05, 0) is 14.1 Å². The van der Waals surface area contributed by atoms with Crippen molar-refractivity contribution in [2.24, 2.45) is 0 Å². The van der Waals surface area contributed by atoms with Crippen LogP contribution < -0.4 is 10.6 Å². The van der Waals surface area contributed by atoms with Crippen LogP contribution in [0.4, 0.5) is 0 Å². The number of carboxylic acids is 1. The highest BCUT2D eigenvalue weighted by Crippen LogP contribution is 2.21. The number of aliphatic carboxylic acids is 1. The Bertz CT molecular complexity index is 367. The van der Waals surface area contributed by atoms with Gasteiger partial charge in [0.25, 0.3) is 5.79 Å². The van der Waals surface area contributed by atoms with Crippen LogP contribution in [0.3, 0.4) is 0 Å². The normalized spacial score (nSPS) is 16.5. The molecule has 0 unspecified atom stereocenters. The Labute approximate surface area is 110 Å². The van der Waals surface area contributed by atoms with Gasteiger partial charge in [0, 0.05) is 20.0 Å². The first kappa shape index (κ1) is 16.9. The highest BCUT2D eigenvalue weighted by Gasteiger charge is 2.38. The lowest BCUT2D eigenvalue weighted by Crippen LogP contribution is -2.42. The van der Waals surface area contributed by atoms with E-state index < -0.39 is 30.2 Å². The SMILES string of the molecule is CC1(C)OC(=O)C(=CNCC(=O)O)C(=O)O1.CNC. The molecule has 0 bridgehead atoms. The van der Waals surface area contributed by atoms with Crippen LogP contribution in [0, 0.1) is 0 Å². The summed E-state index contributed by atoms with van der Waals surface area (Å²) in [6.07, 6.45) is 0.966. The van der Waals surface area contributed by atoms with Crippen LogP contribution in [0.1, 0.15) is 13.8 Å².